The van der Waals surface area contributed by atoms with E-state index in [2.05, 4.69) is 10.1 Å². The van der Waals surface area contributed by atoms with E-state index in [9.17, 15) is 13.2 Å². The predicted molar refractivity (Wildman–Crippen MR) is 127 cm³/mol. The van der Waals surface area contributed by atoms with E-state index in [1.54, 1.807) is 19.1 Å². The minimum Gasteiger partial charge on any atom is -0.369 e. The summed E-state index contributed by atoms with van der Waals surface area (Å²) in [5.74, 6) is -1.60. The van der Waals surface area contributed by atoms with Crippen LogP contribution in [0.15, 0.2) is 64.5 Å². The van der Waals surface area contributed by atoms with Gasteiger partial charge in [-0.15, -0.1) is 11.3 Å². The number of carbonyl (C=O) groups is 1. The Labute approximate surface area is 199 Å². The number of nitrogens with one attached hydrogen (secondary N) is 1. The maximum absolute atomic E-state index is 12.6. The van der Waals surface area contributed by atoms with Gasteiger partial charge in [0.25, 0.3) is 0 Å². The average molecular weight is 500 g/mol. The number of nitrogens with zero attached hydrogens (tertiary/aromatic N) is 3. The lowest BCUT2D eigenvalue weighted by Gasteiger charge is -2.21. The summed E-state index contributed by atoms with van der Waals surface area (Å²) in [5, 5.41) is 6.47. The highest BCUT2D eigenvalue weighted by atomic mass is 32.2. The average Bonchev–Trinajstić information content (AvgIpc) is 3.43. The van der Waals surface area contributed by atoms with Crippen molar-refractivity contribution in [2.75, 3.05) is 4.72 Å². The van der Waals surface area contributed by atoms with Gasteiger partial charge in [0.1, 0.15) is 10.9 Å². The summed E-state index contributed by atoms with van der Waals surface area (Å²) in [7, 11) is -4.39. The maximum atomic E-state index is 12.6. The highest BCUT2D eigenvalue weighted by molar-refractivity contribution is 7.87. The quantitative estimate of drug-likeness (QED) is 0.296. The molecule has 2 aromatic carbocycles. The van der Waals surface area contributed by atoms with Crippen molar-refractivity contribution in [2.45, 2.75) is 25.2 Å². The molecule has 2 atom stereocenters. The summed E-state index contributed by atoms with van der Waals surface area (Å²) >= 11 is 1.45. The zero-order chi connectivity index (χ0) is 24.3. The van der Waals surface area contributed by atoms with Gasteiger partial charge in [0.15, 0.2) is 5.82 Å². The number of primary amides is 1. The van der Waals surface area contributed by atoms with E-state index in [4.69, 9.17) is 19.8 Å². The number of anilines is 1. The molecule has 10 nitrogen and oxygen atoms in total. The molecule has 1 amide bonds. The standard InChI is InChI=1S/C22H21N5O5S2/c1-13-24-21(32-26-13)19(20(23)28)17(11-14-7-9-16(10-8-14)27-34(29,30)31)18-12-33-22(25-18)15-5-3-2-4-6-15/h2-10,12,17,19,27H,11H2,1H3,(H2,23,28)(H,29,30,31). The number of amides is 1. The first kappa shape index (κ1) is 23.5. The molecule has 0 saturated heterocycles. The first-order valence-corrected chi connectivity index (χ1v) is 12.5. The molecular formula is C22H21N5O5S2. The molecule has 0 radical (unpaired) electrons. The molecule has 4 N–H and O–H groups in total. The van der Waals surface area contributed by atoms with Gasteiger partial charge in [0, 0.05) is 16.9 Å². The van der Waals surface area contributed by atoms with Gasteiger partial charge in [-0.2, -0.15) is 13.4 Å². The number of benzene rings is 2. The summed E-state index contributed by atoms with van der Waals surface area (Å²) in [6, 6.07) is 16.0. The molecule has 0 aliphatic rings. The fourth-order valence-electron chi connectivity index (χ4n) is 3.61. The van der Waals surface area contributed by atoms with Gasteiger partial charge in [0.2, 0.25) is 11.8 Å². The second-order valence-corrected chi connectivity index (χ2v) is 9.60. The molecule has 0 fully saturated rings. The zero-order valence-corrected chi connectivity index (χ0v) is 19.6. The van der Waals surface area contributed by atoms with Crippen LogP contribution in [-0.2, 0) is 21.5 Å². The second-order valence-electron chi connectivity index (χ2n) is 7.59. The maximum Gasteiger partial charge on any atom is 0.357 e. The van der Waals surface area contributed by atoms with Crippen LogP contribution in [0.2, 0.25) is 0 Å². The molecule has 2 heterocycles. The van der Waals surface area contributed by atoms with Crippen molar-refractivity contribution in [1.82, 2.24) is 15.1 Å². The number of rotatable bonds is 9. The van der Waals surface area contributed by atoms with Crippen molar-refractivity contribution >= 4 is 33.2 Å². The van der Waals surface area contributed by atoms with E-state index >= 15 is 0 Å². The highest BCUT2D eigenvalue weighted by Gasteiger charge is 2.36. The molecule has 0 bridgehead atoms. The fourth-order valence-corrected chi connectivity index (χ4v) is 4.93. The summed E-state index contributed by atoms with van der Waals surface area (Å²) in [6.07, 6.45) is 0.332. The Morgan fingerprint density at radius 3 is 2.44 bits per heavy atom. The number of carbonyl (C=O) groups excluding carboxylic acids is 1. The number of nitrogens with two attached hydrogens (primary N) is 1. The fraction of sp³-hybridized carbons (Fsp3) is 0.182. The third kappa shape index (κ3) is 5.65. The van der Waals surface area contributed by atoms with Crippen LogP contribution in [-0.4, -0.2) is 34.0 Å². The van der Waals surface area contributed by atoms with Crippen LogP contribution in [0.1, 0.15) is 34.8 Å². The summed E-state index contributed by atoms with van der Waals surface area (Å²) in [4.78, 5) is 21.6. The Bertz CT molecular complexity index is 1380. The van der Waals surface area contributed by atoms with Crippen molar-refractivity contribution in [3.05, 3.63) is 82.9 Å². The van der Waals surface area contributed by atoms with E-state index in [1.807, 2.05) is 40.4 Å². The zero-order valence-electron chi connectivity index (χ0n) is 18.0. The van der Waals surface area contributed by atoms with Crippen LogP contribution in [0.25, 0.3) is 10.6 Å². The Morgan fingerprint density at radius 1 is 1.15 bits per heavy atom. The smallest absolute Gasteiger partial charge is 0.357 e. The summed E-state index contributed by atoms with van der Waals surface area (Å²) in [5.41, 5.74) is 8.35. The summed E-state index contributed by atoms with van der Waals surface area (Å²) < 4.78 is 38.4. The van der Waals surface area contributed by atoms with Crippen LogP contribution < -0.4 is 10.5 Å². The third-order valence-electron chi connectivity index (χ3n) is 5.10. The Morgan fingerprint density at radius 2 is 1.85 bits per heavy atom. The van der Waals surface area contributed by atoms with E-state index in [1.165, 1.54) is 23.5 Å². The molecular weight excluding hydrogens is 478 g/mol. The lowest BCUT2D eigenvalue weighted by molar-refractivity contribution is -0.120. The Hall–Kier alpha value is -3.61. The van der Waals surface area contributed by atoms with E-state index in [0.717, 1.165) is 16.1 Å². The number of thiazole rings is 1. The minimum atomic E-state index is -4.39. The lowest BCUT2D eigenvalue weighted by Crippen LogP contribution is -2.29. The monoisotopic (exact) mass is 499 g/mol. The van der Waals surface area contributed by atoms with Gasteiger partial charge in [-0.1, -0.05) is 47.6 Å². The van der Waals surface area contributed by atoms with Crippen molar-refractivity contribution in [1.29, 1.82) is 0 Å². The van der Waals surface area contributed by atoms with E-state index < -0.39 is 28.0 Å². The van der Waals surface area contributed by atoms with Gasteiger partial charge in [-0.25, -0.2) is 4.98 Å². The second kappa shape index (κ2) is 9.71. The van der Waals surface area contributed by atoms with Crippen LogP contribution in [0.4, 0.5) is 5.69 Å². The van der Waals surface area contributed by atoms with Crippen LogP contribution in [0, 0.1) is 6.92 Å². The topological polar surface area (TPSA) is 161 Å². The molecule has 0 aliphatic carbocycles. The van der Waals surface area contributed by atoms with Gasteiger partial charge in [0.05, 0.1) is 11.4 Å². The SMILES string of the molecule is Cc1noc(C(C(N)=O)C(Cc2ccc(NS(=O)(=O)O)cc2)c2csc(-c3ccccc3)n2)n1. The molecule has 4 aromatic rings. The number of aromatic nitrogens is 3. The molecule has 2 unspecified atom stereocenters. The van der Waals surface area contributed by atoms with Crippen LogP contribution >= 0.6 is 11.3 Å². The third-order valence-corrected chi connectivity index (χ3v) is 6.50. The molecule has 4 rings (SSSR count). The normalized spacial score (nSPS) is 13.4. The molecule has 176 valence electrons. The molecule has 12 heteroatoms. The molecule has 2 aromatic heterocycles. The van der Waals surface area contributed by atoms with E-state index in [-0.39, 0.29) is 11.6 Å². The Kier molecular flexibility index (Phi) is 6.72. The van der Waals surface area contributed by atoms with Gasteiger partial charge >= 0.3 is 10.3 Å². The first-order chi connectivity index (χ1) is 16.2. The van der Waals surface area contributed by atoms with Gasteiger partial charge in [-0.3, -0.25) is 14.1 Å². The van der Waals surface area contributed by atoms with Gasteiger partial charge in [-0.05, 0) is 31.0 Å². The van der Waals surface area contributed by atoms with Crippen molar-refractivity contribution in [2.24, 2.45) is 5.73 Å². The minimum absolute atomic E-state index is 0.105. The molecule has 0 spiro atoms. The molecule has 0 aliphatic heterocycles. The Balaban J connectivity index is 1.71. The highest BCUT2D eigenvalue weighted by Crippen LogP contribution is 2.37. The van der Waals surface area contributed by atoms with Crippen molar-refractivity contribution in [3.8, 4) is 10.6 Å². The lowest BCUT2D eigenvalue weighted by atomic mass is 9.84. The van der Waals surface area contributed by atoms with E-state index in [0.29, 0.717) is 17.9 Å². The summed E-state index contributed by atoms with van der Waals surface area (Å²) in [6.45, 7) is 1.65. The van der Waals surface area contributed by atoms with Crippen molar-refractivity contribution < 1.29 is 22.3 Å². The number of hydrogen-bond acceptors (Lipinski definition) is 8. The van der Waals surface area contributed by atoms with Crippen molar-refractivity contribution in [3.63, 3.8) is 0 Å². The predicted octanol–water partition coefficient (Wildman–Crippen LogP) is 3.31. The number of aryl methyl sites for hydroxylation is 1. The molecule has 0 saturated carbocycles. The van der Waals surface area contributed by atoms with Crippen LogP contribution in [0.3, 0.4) is 0 Å². The first-order valence-electron chi connectivity index (χ1n) is 10.1. The largest absolute Gasteiger partial charge is 0.369 e. The van der Waals surface area contributed by atoms with Crippen LogP contribution in [0.5, 0.6) is 0 Å². The number of hydrogen-bond donors (Lipinski definition) is 3. The molecule has 34 heavy (non-hydrogen) atoms. The van der Waals surface area contributed by atoms with Gasteiger partial charge < -0.3 is 10.3 Å².